The Morgan fingerprint density at radius 3 is 2.25 bits per heavy atom. The van der Waals surface area contributed by atoms with Crippen molar-refractivity contribution in [1.82, 2.24) is 0 Å². The minimum Gasteiger partial charge on any atom is -0.507 e. The normalized spacial score (nSPS) is 9.67. The molecule has 0 aliphatic heterocycles. The van der Waals surface area contributed by atoms with E-state index in [0.29, 0.717) is 11.7 Å². The predicted octanol–water partition coefficient (Wildman–Crippen LogP) is 2.82. The first-order valence-corrected chi connectivity index (χ1v) is 3.91. The van der Waals surface area contributed by atoms with Gasteiger partial charge < -0.3 is 5.11 Å². The van der Waals surface area contributed by atoms with Crippen molar-refractivity contribution in [3.05, 3.63) is 29.3 Å². The third-order valence-electron chi connectivity index (χ3n) is 1.89. The van der Waals surface area contributed by atoms with Gasteiger partial charge in [-0.15, -0.1) is 0 Å². The summed E-state index contributed by atoms with van der Waals surface area (Å²) in [6, 6.07) is 5.86. The molecular formula is C10H14OTi. The number of phenolic OH excluding ortho intramolecular Hbond substituents is 1. The van der Waals surface area contributed by atoms with E-state index in [4.69, 9.17) is 0 Å². The van der Waals surface area contributed by atoms with Gasteiger partial charge in [0.05, 0.1) is 0 Å². The molecule has 0 spiro atoms. The van der Waals surface area contributed by atoms with Crippen LogP contribution in [0.25, 0.3) is 0 Å². The molecule has 2 heteroatoms. The van der Waals surface area contributed by atoms with E-state index < -0.39 is 0 Å². The summed E-state index contributed by atoms with van der Waals surface area (Å²) < 4.78 is 0. The number of para-hydroxylation sites is 1. The topological polar surface area (TPSA) is 20.2 Å². The van der Waals surface area contributed by atoms with Gasteiger partial charge in [0.15, 0.2) is 0 Å². The maximum absolute atomic E-state index is 9.57. The fourth-order valence-corrected chi connectivity index (χ4v) is 1.15. The van der Waals surface area contributed by atoms with Crippen molar-refractivity contribution in [3.8, 4) is 5.75 Å². The second-order valence-electron chi connectivity index (χ2n) is 3.17. The first-order valence-electron chi connectivity index (χ1n) is 3.91. The van der Waals surface area contributed by atoms with Crippen LogP contribution in [-0.2, 0) is 21.7 Å². The minimum absolute atomic E-state index is 0. The fourth-order valence-electron chi connectivity index (χ4n) is 1.15. The van der Waals surface area contributed by atoms with Crippen molar-refractivity contribution in [2.24, 2.45) is 0 Å². The molecule has 0 amide bonds. The summed E-state index contributed by atoms with van der Waals surface area (Å²) in [6.07, 6.45) is 0. The van der Waals surface area contributed by atoms with Crippen molar-refractivity contribution in [2.45, 2.75) is 26.7 Å². The van der Waals surface area contributed by atoms with Gasteiger partial charge in [0.1, 0.15) is 5.75 Å². The Morgan fingerprint density at radius 2 is 1.83 bits per heavy atom. The van der Waals surface area contributed by atoms with Crippen LogP contribution in [-0.4, -0.2) is 5.11 Å². The Morgan fingerprint density at radius 1 is 1.25 bits per heavy atom. The number of rotatable bonds is 1. The van der Waals surface area contributed by atoms with Crippen molar-refractivity contribution in [2.75, 3.05) is 0 Å². The zero-order valence-electron chi connectivity index (χ0n) is 7.76. The SMILES string of the molecule is Cc1cccc(C(C)C)c1O.[Ti]. The third-order valence-corrected chi connectivity index (χ3v) is 1.89. The molecule has 1 nitrogen and oxygen atoms in total. The average Bonchev–Trinajstić information content (AvgIpc) is 1.94. The molecule has 12 heavy (non-hydrogen) atoms. The molecule has 0 heterocycles. The molecule has 0 bridgehead atoms. The number of hydrogen-bond donors (Lipinski definition) is 1. The Bertz CT molecular complexity index is 256. The van der Waals surface area contributed by atoms with Crippen LogP contribution in [0.4, 0.5) is 0 Å². The van der Waals surface area contributed by atoms with Gasteiger partial charge in [-0.05, 0) is 24.0 Å². The van der Waals surface area contributed by atoms with Crippen LogP contribution in [0.15, 0.2) is 18.2 Å². The monoisotopic (exact) mass is 198 g/mol. The molecule has 1 rings (SSSR count). The first kappa shape index (κ1) is 11.7. The van der Waals surface area contributed by atoms with Gasteiger partial charge in [0.25, 0.3) is 0 Å². The van der Waals surface area contributed by atoms with Gasteiger partial charge in [0, 0.05) is 21.7 Å². The standard InChI is InChI=1S/C10H14O.Ti/c1-7(2)9-6-4-5-8(3)10(9)11;/h4-7,11H,1-3H3;. The van der Waals surface area contributed by atoms with E-state index in [1.807, 2.05) is 25.1 Å². The molecular weight excluding hydrogens is 184 g/mol. The first-order chi connectivity index (χ1) is 5.13. The molecule has 1 aromatic rings. The molecule has 1 aromatic carbocycles. The van der Waals surface area contributed by atoms with Crippen LogP contribution >= 0.6 is 0 Å². The molecule has 64 valence electrons. The third kappa shape index (κ3) is 2.36. The summed E-state index contributed by atoms with van der Waals surface area (Å²) in [6.45, 7) is 6.07. The molecule has 0 fully saturated rings. The number of aromatic hydroxyl groups is 1. The minimum atomic E-state index is 0. The van der Waals surface area contributed by atoms with Gasteiger partial charge in [-0.3, -0.25) is 0 Å². The second-order valence-corrected chi connectivity index (χ2v) is 3.17. The van der Waals surface area contributed by atoms with Crippen LogP contribution in [0.3, 0.4) is 0 Å². The fraction of sp³-hybridized carbons (Fsp3) is 0.400. The van der Waals surface area contributed by atoms with Crippen LogP contribution in [0.2, 0.25) is 0 Å². The molecule has 0 aromatic heterocycles. The molecule has 0 aliphatic rings. The van der Waals surface area contributed by atoms with Crippen LogP contribution in [0.5, 0.6) is 5.75 Å². The Hall–Kier alpha value is -0.266. The molecule has 0 atom stereocenters. The van der Waals surface area contributed by atoms with Crippen LogP contribution in [0.1, 0.15) is 30.9 Å². The zero-order valence-corrected chi connectivity index (χ0v) is 9.32. The molecule has 0 aliphatic carbocycles. The van der Waals surface area contributed by atoms with Crippen LogP contribution in [0, 0.1) is 6.92 Å². The van der Waals surface area contributed by atoms with Gasteiger partial charge in [-0.25, -0.2) is 0 Å². The second kappa shape index (κ2) is 4.69. The van der Waals surface area contributed by atoms with Gasteiger partial charge >= 0.3 is 0 Å². The summed E-state index contributed by atoms with van der Waals surface area (Å²) in [5, 5.41) is 9.57. The Kier molecular flexibility index (Phi) is 4.58. The number of benzene rings is 1. The number of phenols is 1. The van der Waals surface area contributed by atoms with E-state index in [9.17, 15) is 5.11 Å². The van der Waals surface area contributed by atoms with Crippen molar-refractivity contribution in [1.29, 1.82) is 0 Å². The molecule has 0 saturated heterocycles. The van der Waals surface area contributed by atoms with Crippen molar-refractivity contribution < 1.29 is 26.8 Å². The van der Waals surface area contributed by atoms with E-state index in [2.05, 4.69) is 13.8 Å². The molecule has 0 radical (unpaired) electrons. The summed E-state index contributed by atoms with van der Waals surface area (Å²) in [4.78, 5) is 0. The summed E-state index contributed by atoms with van der Waals surface area (Å²) >= 11 is 0. The zero-order chi connectivity index (χ0) is 8.43. The number of aryl methyl sites for hydroxylation is 1. The summed E-state index contributed by atoms with van der Waals surface area (Å²) in [5.74, 6) is 0.845. The summed E-state index contributed by atoms with van der Waals surface area (Å²) in [7, 11) is 0. The van der Waals surface area contributed by atoms with E-state index >= 15 is 0 Å². The predicted molar refractivity (Wildman–Crippen MR) is 46.9 cm³/mol. The smallest absolute Gasteiger partial charge is 0.121 e. The van der Waals surface area contributed by atoms with E-state index in [-0.39, 0.29) is 21.7 Å². The Balaban J connectivity index is 0.00000121. The van der Waals surface area contributed by atoms with Gasteiger partial charge in [-0.1, -0.05) is 32.0 Å². The molecule has 0 saturated carbocycles. The van der Waals surface area contributed by atoms with Gasteiger partial charge in [-0.2, -0.15) is 0 Å². The summed E-state index contributed by atoms with van der Waals surface area (Å²) in [5.41, 5.74) is 1.99. The van der Waals surface area contributed by atoms with Crippen molar-refractivity contribution >= 4 is 0 Å². The molecule has 1 N–H and O–H groups in total. The van der Waals surface area contributed by atoms with E-state index in [0.717, 1.165) is 11.1 Å². The van der Waals surface area contributed by atoms with E-state index in [1.54, 1.807) is 0 Å². The van der Waals surface area contributed by atoms with Crippen molar-refractivity contribution in [3.63, 3.8) is 0 Å². The van der Waals surface area contributed by atoms with E-state index in [1.165, 1.54) is 0 Å². The average molecular weight is 198 g/mol. The maximum Gasteiger partial charge on any atom is 0.121 e. The number of hydrogen-bond acceptors (Lipinski definition) is 1. The maximum atomic E-state index is 9.57. The van der Waals surface area contributed by atoms with Crippen LogP contribution < -0.4 is 0 Å². The Labute approximate surface area is 88.7 Å². The quantitative estimate of drug-likeness (QED) is 0.688. The van der Waals surface area contributed by atoms with Gasteiger partial charge in [0.2, 0.25) is 0 Å². The largest absolute Gasteiger partial charge is 0.507 e. The molecule has 0 unspecified atom stereocenters.